The van der Waals surface area contributed by atoms with Crippen LogP contribution >= 0.6 is 11.6 Å². The Labute approximate surface area is 199 Å². The van der Waals surface area contributed by atoms with Crippen molar-refractivity contribution in [1.29, 1.82) is 0 Å². The number of benzene rings is 3. The van der Waals surface area contributed by atoms with Crippen LogP contribution in [0.5, 0.6) is 5.75 Å². The van der Waals surface area contributed by atoms with Crippen LogP contribution < -0.4 is 15.4 Å². The molecule has 4 aromatic rings. The number of nitro groups is 1. The Kier molecular flexibility index (Phi) is 6.89. The van der Waals surface area contributed by atoms with Gasteiger partial charge in [0, 0.05) is 10.7 Å². The van der Waals surface area contributed by atoms with E-state index in [0.717, 1.165) is 5.69 Å². The first-order chi connectivity index (χ1) is 16.5. The van der Waals surface area contributed by atoms with Crippen molar-refractivity contribution >= 4 is 51.7 Å². The fraction of sp³-hybridized carbons (Fsp3) is 0.0435. The van der Waals surface area contributed by atoms with E-state index in [-0.39, 0.29) is 17.3 Å². The smallest absolute Gasteiger partial charge is 0.353 e. The summed E-state index contributed by atoms with van der Waals surface area (Å²) in [6.07, 6.45) is 1.22. The molecule has 0 aliphatic heterocycles. The third kappa shape index (κ3) is 5.43. The topological polar surface area (TPSA) is 127 Å². The lowest BCUT2D eigenvalue weighted by Crippen LogP contribution is -2.06. The number of nitrogens with one attached hydrogen (secondary N) is 2. The second kappa shape index (κ2) is 10.4. The Morgan fingerprint density at radius 1 is 0.912 bits per heavy atom. The SMILES string of the molecule is COc1ccc(Cl)cc1Nc1ncnc(Nc2ccc(N=Nc3ccccc3)cc2)c1[N+](=O)[O-]. The predicted molar refractivity (Wildman–Crippen MR) is 130 cm³/mol. The van der Waals surface area contributed by atoms with Crippen LogP contribution in [0.1, 0.15) is 0 Å². The van der Waals surface area contributed by atoms with Gasteiger partial charge in [-0.2, -0.15) is 10.2 Å². The van der Waals surface area contributed by atoms with Gasteiger partial charge in [0.25, 0.3) is 0 Å². The number of hydrogen-bond acceptors (Lipinski definition) is 9. The lowest BCUT2D eigenvalue weighted by Gasteiger charge is -2.12. The van der Waals surface area contributed by atoms with E-state index in [1.165, 1.54) is 13.4 Å². The van der Waals surface area contributed by atoms with Crippen molar-refractivity contribution in [3.05, 3.63) is 94.3 Å². The van der Waals surface area contributed by atoms with Crippen molar-refractivity contribution in [1.82, 2.24) is 9.97 Å². The summed E-state index contributed by atoms with van der Waals surface area (Å²) in [5.41, 5.74) is 2.03. The Hall–Kier alpha value is -4.57. The van der Waals surface area contributed by atoms with E-state index in [1.807, 2.05) is 30.3 Å². The van der Waals surface area contributed by atoms with Crippen molar-refractivity contribution in [2.75, 3.05) is 17.7 Å². The van der Waals surface area contributed by atoms with Crippen molar-refractivity contribution < 1.29 is 9.66 Å². The molecule has 10 nitrogen and oxygen atoms in total. The number of methoxy groups -OCH3 is 1. The Morgan fingerprint density at radius 3 is 2.21 bits per heavy atom. The molecule has 0 spiro atoms. The van der Waals surface area contributed by atoms with Crippen molar-refractivity contribution in [3.63, 3.8) is 0 Å². The molecule has 0 bridgehead atoms. The molecule has 0 fully saturated rings. The highest BCUT2D eigenvalue weighted by Crippen LogP contribution is 2.36. The average Bonchev–Trinajstić information content (AvgIpc) is 2.84. The molecule has 0 amide bonds. The van der Waals surface area contributed by atoms with E-state index in [4.69, 9.17) is 16.3 Å². The van der Waals surface area contributed by atoms with E-state index in [0.29, 0.717) is 27.8 Å². The summed E-state index contributed by atoms with van der Waals surface area (Å²) in [6, 6.07) is 21.1. The normalized spacial score (nSPS) is 10.8. The van der Waals surface area contributed by atoms with Crippen LogP contribution in [-0.4, -0.2) is 22.0 Å². The van der Waals surface area contributed by atoms with Gasteiger partial charge in [0.1, 0.15) is 12.1 Å². The van der Waals surface area contributed by atoms with E-state index in [9.17, 15) is 10.1 Å². The van der Waals surface area contributed by atoms with E-state index in [2.05, 4.69) is 30.8 Å². The molecule has 11 heteroatoms. The first-order valence-corrected chi connectivity index (χ1v) is 10.3. The van der Waals surface area contributed by atoms with Crippen LogP contribution in [0.3, 0.4) is 0 Å². The maximum Gasteiger partial charge on any atom is 0.353 e. The zero-order valence-corrected chi connectivity index (χ0v) is 18.6. The average molecular weight is 476 g/mol. The maximum absolute atomic E-state index is 11.9. The molecule has 0 saturated carbocycles. The van der Waals surface area contributed by atoms with Gasteiger partial charge in [-0.3, -0.25) is 10.1 Å². The summed E-state index contributed by atoms with van der Waals surface area (Å²) in [5, 5.41) is 26.5. The van der Waals surface area contributed by atoms with Gasteiger partial charge in [0.15, 0.2) is 0 Å². The standard InChI is InChI=1S/C23H18ClN7O3/c1-34-20-12-7-15(24)13-19(20)28-23-21(31(32)33)22(25-14-26-23)27-16-8-10-18(11-9-16)30-29-17-5-3-2-4-6-17/h2-14H,1H3,(H2,25,26,27,28). The highest BCUT2D eigenvalue weighted by molar-refractivity contribution is 6.31. The summed E-state index contributed by atoms with van der Waals surface area (Å²) in [7, 11) is 1.48. The largest absolute Gasteiger partial charge is 0.495 e. The van der Waals surface area contributed by atoms with Crippen molar-refractivity contribution in [2.45, 2.75) is 0 Å². The number of ether oxygens (including phenoxy) is 1. The number of aromatic nitrogens is 2. The minimum absolute atomic E-state index is 0.0159. The number of anilines is 4. The molecule has 2 N–H and O–H groups in total. The molecular weight excluding hydrogens is 458 g/mol. The van der Waals surface area contributed by atoms with Crippen LogP contribution in [0, 0.1) is 10.1 Å². The van der Waals surface area contributed by atoms with E-state index in [1.54, 1.807) is 42.5 Å². The van der Waals surface area contributed by atoms with Gasteiger partial charge in [-0.1, -0.05) is 29.8 Å². The number of azo groups is 1. The predicted octanol–water partition coefficient (Wildman–Crippen LogP) is 6.95. The number of nitrogens with zero attached hydrogens (tertiary/aromatic N) is 5. The quantitative estimate of drug-likeness (QED) is 0.160. The fourth-order valence-electron chi connectivity index (χ4n) is 3.00. The van der Waals surface area contributed by atoms with Crippen LogP contribution in [0.2, 0.25) is 5.02 Å². The molecule has 0 aliphatic carbocycles. The fourth-order valence-corrected chi connectivity index (χ4v) is 3.17. The lowest BCUT2D eigenvalue weighted by atomic mass is 10.2. The van der Waals surface area contributed by atoms with Gasteiger partial charge < -0.3 is 15.4 Å². The lowest BCUT2D eigenvalue weighted by molar-refractivity contribution is -0.383. The molecule has 0 aliphatic rings. The zero-order chi connectivity index (χ0) is 23.9. The summed E-state index contributed by atoms with van der Waals surface area (Å²) >= 11 is 6.06. The van der Waals surface area contributed by atoms with Crippen LogP contribution in [-0.2, 0) is 0 Å². The molecule has 1 aromatic heterocycles. The van der Waals surface area contributed by atoms with Crippen LogP contribution in [0.4, 0.5) is 40.1 Å². The zero-order valence-electron chi connectivity index (χ0n) is 17.8. The summed E-state index contributed by atoms with van der Waals surface area (Å²) < 4.78 is 5.29. The highest BCUT2D eigenvalue weighted by Gasteiger charge is 2.24. The second-order valence-electron chi connectivity index (χ2n) is 6.85. The van der Waals surface area contributed by atoms with Gasteiger partial charge in [0.05, 0.1) is 29.1 Å². The Bertz CT molecular complexity index is 1330. The van der Waals surface area contributed by atoms with Gasteiger partial charge in [-0.25, -0.2) is 9.97 Å². The first kappa shape index (κ1) is 22.6. The Morgan fingerprint density at radius 2 is 1.56 bits per heavy atom. The van der Waals surface area contributed by atoms with Gasteiger partial charge >= 0.3 is 5.69 Å². The third-order valence-corrected chi connectivity index (χ3v) is 4.82. The third-order valence-electron chi connectivity index (χ3n) is 4.59. The highest BCUT2D eigenvalue weighted by atomic mass is 35.5. The molecule has 0 atom stereocenters. The van der Waals surface area contributed by atoms with Crippen LogP contribution in [0.15, 0.2) is 89.4 Å². The summed E-state index contributed by atoms with van der Waals surface area (Å²) in [6.45, 7) is 0. The van der Waals surface area contributed by atoms with Crippen molar-refractivity contribution in [2.24, 2.45) is 10.2 Å². The number of halogens is 1. The molecule has 0 unspecified atom stereocenters. The minimum Gasteiger partial charge on any atom is -0.495 e. The van der Waals surface area contributed by atoms with Gasteiger partial charge in [-0.15, -0.1) is 0 Å². The molecular formula is C23H18ClN7O3. The van der Waals surface area contributed by atoms with Gasteiger partial charge in [0.2, 0.25) is 11.6 Å². The van der Waals surface area contributed by atoms with E-state index >= 15 is 0 Å². The van der Waals surface area contributed by atoms with Crippen LogP contribution in [0.25, 0.3) is 0 Å². The van der Waals surface area contributed by atoms with Gasteiger partial charge in [-0.05, 0) is 54.6 Å². The summed E-state index contributed by atoms with van der Waals surface area (Å²) in [5.74, 6) is 0.450. The second-order valence-corrected chi connectivity index (χ2v) is 7.29. The number of rotatable bonds is 8. The molecule has 170 valence electrons. The van der Waals surface area contributed by atoms with E-state index < -0.39 is 4.92 Å². The molecule has 0 radical (unpaired) electrons. The molecule has 4 rings (SSSR count). The monoisotopic (exact) mass is 475 g/mol. The first-order valence-electron chi connectivity index (χ1n) is 9.97. The molecule has 3 aromatic carbocycles. The Balaban J connectivity index is 1.57. The maximum atomic E-state index is 11.9. The summed E-state index contributed by atoms with van der Waals surface area (Å²) in [4.78, 5) is 19.4. The van der Waals surface area contributed by atoms with Crippen molar-refractivity contribution in [3.8, 4) is 5.75 Å². The number of hydrogen-bond donors (Lipinski definition) is 2. The molecule has 0 saturated heterocycles. The molecule has 34 heavy (non-hydrogen) atoms. The molecule has 1 heterocycles. The minimum atomic E-state index is -0.565.